The summed E-state index contributed by atoms with van der Waals surface area (Å²) in [7, 11) is 0. The number of hydrogen-bond acceptors (Lipinski definition) is 4. The zero-order valence-electron chi connectivity index (χ0n) is 7.44. The van der Waals surface area contributed by atoms with Gasteiger partial charge in [0.05, 0.1) is 18.6 Å². The molecule has 2 rings (SSSR count). The van der Waals surface area contributed by atoms with E-state index in [1.807, 2.05) is 0 Å². The number of carbonyl (C=O) groups is 1. The molecular weight excluding hydrogens is 172 g/mol. The third-order valence-electron chi connectivity index (χ3n) is 2.58. The van der Waals surface area contributed by atoms with Gasteiger partial charge in [0.25, 0.3) is 0 Å². The zero-order chi connectivity index (χ0) is 9.26. The van der Waals surface area contributed by atoms with E-state index in [0.717, 1.165) is 12.8 Å². The average molecular weight is 186 g/mol. The van der Waals surface area contributed by atoms with Crippen LogP contribution in [0.25, 0.3) is 0 Å². The van der Waals surface area contributed by atoms with Crippen molar-refractivity contribution in [3.05, 3.63) is 0 Å². The molecule has 2 saturated heterocycles. The van der Waals surface area contributed by atoms with Crippen molar-refractivity contribution in [3.63, 3.8) is 0 Å². The highest BCUT2D eigenvalue weighted by atomic mass is 16.6. The van der Waals surface area contributed by atoms with E-state index in [1.54, 1.807) is 0 Å². The van der Waals surface area contributed by atoms with Crippen LogP contribution in [0.3, 0.4) is 0 Å². The fourth-order valence-corrected chi connectivity index (χ4v) is 2.04. The Labute approximate surface area is 76.8 Å². The summed E-state index contributed by atoms with van der Waals surface area (Å²) >= 11 is 0. The highest BCUT2D eigenvalue weighted by Gasteiger charge is 2.36. The maximum atomic E-state index is 11.0. The van der Waals surface area contributed by atoms with Gasteiger partial charge < -0.3 is 14.6 Å². The third kappa shape index (κ3) is 2.00. The minimum absolute atomic E-state index is 0.0246. The van der Waals surface area contributed by atoms with Crippen LogP contribution in [0.5, 0.6) is 0 Å². The molecule has 2 heterocycles. The molecule has 2 aliphatic heterocycles. The molecule has 0 aromatic heterocycles. The summed E-state index contributed by atoms with van der Waals surface area (Å²) in [4.78, 5) is 11.0. The van der Waals surface area contributed by atoms with Gasteiger partial charge in [0.1, 0.15) is 6.10 Å². The number of fused-ring (bicyclic) bond motifs is 2. The molecule has 2 fully saturated rings. The summed E-state index contributed by atoms with van der Waals surface area (Å²) in [5, 5.41) is 8.75. The SMILES string of the molecule is O=C1C[C@H]2C[C@H](C[C@H](CCO)O2)O1. The molecule has 0 radical (unpaired) electrons. The van der Waals surface area contributed by atoms with Crippen molar-refractivity contribution < 1.29 is 19.4 Å². The quantitative estimate of drug-likeness (QED) is 0.627. The van der Waals surface area contributed by atoms with Crippen molar-refractivity contribution >= 4 is 5.97 Å². The van der Waals surface area contributed by atoms with Gasteiger partial charge in [0, 0.05) is 19.4 Å². The minimum Gasteiger partial charge on any atom is -0.462 e. The van der Waals surface area contributed by atoms with Crippen LogP contribution in [-0.4, -0.2) is 36.0 Å². The van der Waals surface area contributed by atoms with Crippen LogP contribution >= 0.6 is 0 Å². The number of rotatable bonds is 2. The standard InChI is InChI=1S/C9H14O4/c10-2-1-6-3-7-4-8(12-6)5-9(11)13-7/h6-8,10H,1-5H2/t6-,7-,8+/m0/s1. The lowest BCUT2D eigenvalue weighted by Crippen LogP contribution is -2.43. The Kier molecular flexibility index (Phi) is 2.51. The second-order valence-electron chi connectivity index (χ2n) is 3.68. The van der Waals surface area contributed by atoms with Gasteiger partial charge in [-0.05, 0) is 6.42 Å². The molecule has 1 N–H and O–H groups in total. The smallest absolute Gasteiger partial charge is 0.308 e. The van der Waals surface area contributed by atoms with Gasteiger partial charge in [-0.2, -0.15) is 0 Å². The number of aliphatic hydroxyl groups excluding tert-OH is 1. The molecule has 0 unspecified atom stereocenters. The Morgan fingerprint density at radius 1 is 1.38 bits per heavy atom. The first-order valence-electron chi connectivity index (χ1n) is 4.73. The molecule has 0 spiro atoms. The Morgan fingerprint density at radius 3 is 2.92 bits per heavy atom. The van der Waals surface area contributed by atoms with Crippen molar-refractivity contribution in [1.82, 2.24) is 0 Å². The van der Waals surface area contributed by atoms with Crippen molar-refractivity contribution in [2.45, 2.75) is 44.0 Å². The fourth-order valence-electron chi connectivity index (χ4n) is 2.04. The Hall–Kier alpha value is -0.610. The molecule has 3 atom stereocenters. The summed E-state index contributed by atoms with van der Waals surface area (Å²) in [5.41, 5.74) is 0. The molecule has 74 valence electrons. The number of esters is 1. The van der Waals surface area contributed by atoms with Crippen LogP contribution in [0, 0.1) is 0 Å². The van der Waals surface area contributed by atoms with Crippen molar-refractivity contribution in [1.29, 1.82) is 0 Å². The lowest BCUT2D eigenvalue weighted by atomic mass is 9.95. The molecule has 0 aromatic carbocycles. The predicted molar refractivity (Wildman–Crippen MR) is 44.1 cm³/mol. The molecule has 4 nitrogen and oxygen atoms in total. The van der Waals surface area contributed by atoms with Gasteiger partial charge in [-0.25, -0.2) is 0 Å². The first kappa shape index (κ1) is 8.97. The van der Waals surface area contributed by atoms with E-state index < -0.39 is 0 Å². The van der Waals surface area contributed by atoms with Gasteiger partial charge in [-0.3, -0.25) is 4.79 Å². The number of ether oxygens (including phenoxy) is 2. The van der Waals surface area contributed by atoms with Gasteiger partial charge in [0.15, 0.2) is 0 Å². The first-order chi connectivity index (χ1) is 6.28. The van der Waals surface area contributed by atoms with E-state index in [4.69, 9.17) is 14.6 Å². The van der Waals surface area contributed by atoms with Crippen LogP contribution in [0.1, 0.15) is 25.7 Å². The van der Waals surface area contributed by atoms with Crippen molar-refractivity contribution in [2.24, 2.45) is 0 Å². The largest absolute Gasteiger partial charge is 0.462 e. The van der Waals surface area contributed by atoms with Crippen molar-refractivity contribution in [2.75, 3.05) is 6.61 Å². The Bertz CT molecular complexity index is 188. The molecule has 0 aromatic rings. The van der Waals surface area contributed by atoms with Crippen molar-refractivity contribution in [3.8, 4) is 0 Å². The molecule has 0 saturated carbocycles. The highest BCUT2D eigenvalue weighted by molar-refractivity contribution is 5.71. The van der Waals surface area contributed by atoms with E-state index in [1.165, 1.54) is 0 Å². The van der Waals surface area contributed by atoms with E-state index in [2.05, 4.69) is 0 Å². The van der Waals surface area contributed by atoms with E-state index in [-0.39, 0.29) is 30.9 Å². The number of aliphatic hydroxyl groups is 1. The zero-order valence-corrected chi connectivity index (χ0v) is 7.44. The summed E-state index contributed by atoms with van der Waals surface area (Å²) in [6, 6.07) is 0. The lowest BCUT2D eigenvalue weighted by molar-refractivity contribution is -0.185. The Morgan fingerprint density at radius 2 is 2.23 bits per heavy atom. The van der Waals surface area contributed by atoms with E-state index in [9.17, 15) is 4.79 Å². The van der Waals surface area contributed by atoms with Crippen LogP contribution < -0.4 is 0 Å². The second-order valence-corrected chi connectivity index (χ2v) is 3.68. The first-order valence-corrected chi connectivity index (χ1v) is 4.73. The van der Waals surface area contributed by atoms with Gasteiger partial charge in [-0.15, -0.1) is 0 Å². The second kappa shape index (κ2) is 3.64. The summed E-state index contributed by atoms with van der Waals surface area (Å²) in [5.74, 6) is -0.149. The predicted octanol–water partition coefficient (Wildman–Crippen LogP) is 0.232. The highest BCUT2D eigenvalue weighted by Crippen LogP contribution is 2.29. The molecule has 13 heavy (non-hydrogen) atoms. The lowest BCUT2D eigenvalue weighted by Gasteiger charge is -2.38. The summed E-state index contributed by atoms with van der Waals surface area (Å²) in [6.45, 7) is 0.137. The fraction of sp³-hybridized carbons (Fsp3) is 0.889. The maximum absolute atomic E-state index is 11.0. The van der Waals surface area contributed by atoms with Crippen LogP contribution in [-0.2, 0) is 14.3 Å². The molecular formula is C9H14O4. The van der Waals surface area contributed by atoms with Gasteiger partial charge in [-0.1, -0.05) is 0 Å². The average Bonchev–Trinajstić information content (AvgIpc) is 2.01. The maximum Gasteiger partial charge on any atom is 0.308 e. The summed E-state index contributed by atoms with van der Waals surface area (Å²) < 4.78 is 10.7. The summed E-state index contributed by atoms with van der Waals surface area (Å²) in [6.07, 6.45) is 2.70. The number of carbonyl (C=O) groups excluding carboxylic acids is 1. The van der Waals surface area contributed by atoms with E-state index >= 15 is 0 Å². The van der Waals surface area contributed by atoms with Gasteiger partial charge >= 0.3 is 5.97 Å². The number of hydrogen-bond donors (Lipinski definition) is 1. The molecule has 0 aliphatic carbocycles. The van der Waals surface area contributed by atoms with E-state index in [0.29, 0.717) is 12.8 Å². The normalized spacial score (nSPS) is 38.5. The third-order valence-corrected chi connectivity index (χ3v) is 2.58. The Balaban J connectivity index is 1.93. The molecule has 0 amide bonds. The molecule has 2 aliphatic rings. The van der Waals surface area contributed by atoms with Crippen LogP contribution in [0.4, 0.5) is 0 Å². The minimum atomic E-state index is -0.149. The van der Waals surface area contributed by atoms with Gasteiger partial charge in [0.2, 0.25) is 0 Å². The topological polar surface area (TPSA) is 55.8 Å². The van der Waals surface area contributed by atoms with Crippen LogP contribution in [0.15, 0.2) is 0 Å². The molecule has 2 bridgehead atoms. The monoisotopic (exact) mass is 186 g/mol. The van der Waals surface area contributed by atoms with Crippen LogP contribution in [0.2, 0.25) is 0 Å². The molecule has 4 heteroatoms.